The number of benzene rings is 2. The second-order valence-electron chi connectivity index (χ2n) is 4.73. The van der Waals surface area contributed by atoms with Crippen molar-refractivity contribution >= 4 is 17.0 Å². The number of nitriles is 1. The van der Waals surface area contributed by atoms with Crippen molar-refractivity contribution in [2.45, 2.75) is 0 Å². The highest BCUT2D eigenvalue weighted by Gasteiger charge is 2.08. The summed E-state index contributed by atoms with van der Waals surface area (Å²) in [7, 11) is 0. The lowest BCUT2D eigenvalue weighted by Gasteiger charge is -2.04. The van der Waals surface area contributed by atoms with Gasteiger partial charge < -0.3 is 4.57 Å². The summed E-state index contributed by atoms with van der Waals surface area (Å²) in [6.07, 6.45) is 4.28. The molecule has 0 unspecified atom stereocenters. The van der Waals surface area contributed by atoms with Gasteiger partial charge in [0.2, 0.25) is 6.20 Å². The molecule has 22 heavy (non-hydrogen) atoms. The van der Waals surface area contributed by atoms with Crippen molar-refractivity contribution in [1.82, 2.24) is 4.57 Å². The van der Waals surface area contributed by atoms with E-state index in [2.05, 4.69) is 6.07 Å². The van der Waals surface area contributed by atoms with Gasteiger partial charge in [-0.1, -0.05) is 18.2 Å². The second kappa shape index (κ2) is 5.54. The van der Waals surface area contributed by atoms with E-state index in [-0.39, 0.29) is 0 Å². The summed E-state index contributed by atoms with van der Waals surface area (Å²) in [5.41, 5.74) is 3.22. The van der Waals surface area contributed by atoms with Crippen molar-refractivity contribution in [3.05, 3.63) is 82.2 Å². The van der Waals surface area contributed by atoms with Crippen molar-refractivity contribution in [3.8, 4) is 11.8 Å². The van der Waals surface area contributed by atoms with Gasteiger partial charge in [0.1, 0.15) is 0 Å². The molecule has 0 N–H and O–H groups in total. The molecule has 0 aliphatic heterocycles. The Labute approximate surface area is 126 Å². The molecule has 0 aliphatic rings. The molecule has 3 rings (SSSR count). The highest BCUT2D eigenvalue weighted by Crippen LogP contribution is 2.26. The van der Waals surface area contributed by atoms with Gasteiger partial charge in [-0.15, -0.1) is 0 Å². The maximum Gasteiger partial charge on any atom is 0.235 e. The topological polar surface area (TPSA) is 71.9 Å². The Morgan fingerprint density at radius 3 is 2.55 bits per heavy atom. The molecule has 0 radical (unpaired) electrons. The molecule has 0 saturated heterocycles. The fourth-order valence-electron chi connectivity index (χ4n) is 2.39. The fourth-order valence-corrected chi connectivity index (χ4v) is 2.39. The average molecular weight is 289 g/mol. The van der Waals surface area contributed by atoms with Crippen molar-refractivity contribution in [1.29, 1.82) is 5.26 Å². The van der Waals surface area contributed by atoms with Gasteiger partial charge in [0.05, 0.1) is 22.1 Å². The standard InChI is InChI=1S/C17H11N3O2/c18-11-13-5-7-15(8-6-13)19-12-14(9-10-20(21)22)16-3-1-2-4-17(16)19/h1-10,12H/b10-9+. The third kappa shape index (κ3) is 2.45. The minimum atomic E-state index is -0.478. The van der Waals surface area contributed by atoms with Crippen LogP contribution in [0.1, 0.15) is 11.1 Å². The summed E-state index contributed by atoms with van der Waals surface area (Å²) in [5, 5.41) is 20.3. The SMILES string of the molecule is N#Cc1ccc(-n2cc(/C=C/[N+](=O)[O-])c3ccccc32)cc1. The molecule has 0 fully saturated rings. The van der Waals surface area contributed by atoms with Crippen LogP contribution in [0.3, 0.4) is 0 Å². The van der Waals surface area contributed by atoms with E-state index in [1.54, 1.807) is 12.1 Å². The quantitative estimate of drug-likeness (QED) is 0.544. The van der Waals surface area contributed by atoms with E-state index in [4.69, 9.17) is 5.26 Å². The van der Waals surface area contributed by atoms with Crippen LogP contribution in [0.25, 0.3) is 22.7 Å². The number of aromatic nitrogens is 1. The number of para-hydroxylation sites is 1. The summed E-state index contributed by atoms with van der Waals surface area (Å²) >= 11 is 0. The molecule has 106 valence electrons. The number of fused-ring (bicyclic) bond motifs is 1. The molecule has 2 aromatic carbocycles. The molecule has 0 amide bonds. The van der Waals surface area contributed by atoms with E-state index in [0.29, 0.717) is 5.56 Å². The minimum absolute atomic E-state index is 0.478. The van der Waals surface area contributed by atoms with Gasteiger partial charge in [-0.2, -0.15) is 5.26 Å². The molecule has 1 aromatic heterocycles. The molecule has 0 spiro atoms. The van der Waals surface area contributed by atoms with Crippen LogP contribution in [0, 0.1) is 21.4 Å². The first-order chi connectivity index (χ1) is 10.7. The minimum Gasteiger partial charge on any atom is -0.316 e. The zero-order valence-corrected chi connectivity index (χ0v) is 11.5. The van der Waals surface area contributed by atoms with Crippen molar-refractivity contribution < 1.29 is 4.92 Å². The number of hydrogen-bond donors (Lipinski definition) is 0. The molecular formula is C17H11N3O2. The second-order valence-corrected chi connectivity index (χ2v) is 4.73. The number of rotatable bonds is 3. The molecule has 0 aliphatic carbocycles. The highest BCUT2D eigenvalue weighted by molar-refractivity contribution is 5.90. The van der Waals surface area contributed by atoms with Crippen LogP contribution in [0.5, 0.6) is 0 Å². The third-order valence-electron chi connectivity index (χ3n) is 3.39. The maximum atomic E-state index is 10.5. The first-order valence-corrected chi connectivity index (χ1v) is 6.61. The summed E-state index contributed by atoms with van der Waals surface area (Å²) in [6, 6.07) is 17.0. The monoisotopic (exact) mass is 289 g/mol. The van der Waals surface area contributed by atoms with Gasteiger partial charge in [-0.25, -0.2) is 0 Å². The molecule has 3 aromatic rings. The lowest BCUT2D eigenvalue weighted by molar-refractivity contribution is -0.400. The fraction of sp³-hybridized carbons (Fsp3) is 0. The molecule has 5 heteroatoms. The summed E-state index contributed by atoms with van der Waals surface area (Å²) < 4.78 is 1.95. The first-order valence-electron chi connectivity index (χ1n) is 6.61. The van der Waals surface area contributed by atoms with Gasteiger partial charge in [0.15, 0.2) is 0 Å². The van der Waals surface area contributed by atoms with Gasteiger partial charge in [0.25, 0.3) is 0 Å². The third-order valence-corrected chi connectivity index (χ3v) is 3.39. The number of nitro groups is 1. The molecule has 0 atom stereocenters. The van der Waals surface area contributed by atoms with Crippen LogP contribution in [-0.4, -0.2) is 9.49 Å². The van der Waals surface area contributed by atoms with Crippen LogP contribution in [0.15, 0.2) is 60.9 Å². The molecule has 1 heterocycles. The van der Waals surface area contributed by atoms with Crippen molar-refractivity contribution in [3.63, 3.8) is 0 Å². The van der Waals surface area contributed by atoms with Crippen LogP contribution >= 0.6 is 0 Å². The highest BCUT2D eigenvalue weighted by atomic mass is 16.6. The summed E-state index contributed by atoms with van der Waals surface area (Å²) in [5.74, 6) is 0. The van der Waals surface area contributed by atoms with E-state index < -0.39 is 4.92 Å². The summed E-state index contributed by atoms with van der Waals surface area (Å²) in [4.78, 5) is 10.1. The first kappa shape index (κ1) is 13.6. The Hall–Kier alpha value is -3.39. The largest absolute Gasteiger partial charge is 0.316 e. The Balaban J connectivity index is 2.17. The zero-order valence-electron chi connectivity index (χ0n) is 11.5. The van der Waals surface area contributed by atoms with Gasteiger partial charge in [-0.3, -0.25) is 10.1 Å². The van der Waals surface area contributed by atoms with Crippen LogP contribution < -0.4 is 0 Å². The van der Waals surface area contributed by atoms with E-state index in [9.17, 15) is 10.1 Å². The van der Waals surface area contributed by atoms with E-state index >= 15 is 0 Å². The number of hydrogen-bond acceptors (Lipinski definition) is 3. The molecule has 0 saturated carbocycles. The zero-order chi connectivity index (χ0) is 15.5. The van der Waals surface area contributed by atoms with Gasteiger partial charge in [0, 0.05) is 28.9 Å². The van der Waals surface area contributed by atoms with Crippen molar-refractivity contribution in [2.75, 3.05) is 0 Å². The predicted octanol–water partition coefficient (Wildman–Crippen LogP) is 3.75. The van der Waals surface area contributed by atoms with E-state index in [1.165, 1.54) is 6.08 Å². The molecule has 0 bridgehead atoms. The van der Waals surface area contributed by atoms with Crippen molar-refractivity contribution in [2.24, 2.45) is 0 Å². The maximum absolute atomic E-state index is 10.5. The van der Waals surface area contributed by atoms with Gasteiger partial charge in [-0.05, 0) is 30.3 Å². The average Bonchev–Trinajstić information content (AvgIpc) is 2.92. The Morgan fingerprint density at radius 1 is 1.14 bits per heavy atom. The molecular weight excluding hydrogens is 278 g/mol. The van der Waals surface area contributed by atoms with Crippen LogP contribution in [-0.2, 0) is 0 Å². The van der Waals surface area contributed by atoms with E-state index in [0.717, 1.165) is 28.4 Å². The van der Waals surface area contributed by atoms with Gasteiger partial charge >= 0.3 is 0 Å². The lowest BCUT2D eigenvalue weighted by atomic mass is 10.2. The Morgan fingerprint density at radius 2 is 1.86 bits per heavy atom. The Bertz CT molecular complexity index is 915. The lowest BCUT2D eigenvalue weighted by Crippen LogP contribution is -1.91. The normalized spacial score (nSPS) is 10.9. The van der Waals surface area contributed by atoms with E-state index in [1.807, 2.05) is 47.2 Å². The predicted molar refractivity (Wildman–Crippen MR) is 84.0 cm³/mol. The van der Waals surface area contributed by atoms with Crippen LogP contribution in [0.2, 0.25) is 0 Å². The smallest absolute Gasteiger partial charge is 0.235 e. The number of nitrogens with zero attached hydrogens (tertiary/aromatic N) is 3. The Kier molecular flexibility index (Phi) is 3.42. The summed E-state index contributed by atoms with van der Waals surface area (Å²) in [6.45, 7) is 0. The van der Waals surface area contributed by atoms with Crippen LogP contribution in [0.4, 0.5) is 0 Å². The molecule has 5 nitrogen and oxygen atoms in total.